The third-order valence-electron chi connectivity index (χ3n) is 4.01. The Balaban J connectivity index is 1.72. The van der Waals surface area contributed by atoms with Crippen LogP contribution in [-0.2, 0) is 6.54 Å². The van der Waals surface area contributed by atoms with E-state index in [1.165, 1.54) is 38.8 Å². The Morgan fingerprint density at radius 3 is 2.50 bits per heavy atom. The fraction of sp³-hybridized carbons (Fsp3) is 0.812. The molecule has 1 aromatic rings. The van der Waals surface area contributed by atoms with Crippen LogP contribution < -0.4 is 5.32 Å². The maximum Gasteiger partial charge on any atom is 0.139 e. The van der Waals surface area contributed by atoms with E-state index in [4.69, 9.17) is 4.52 Å². The van der Waals surface area contributed by atoms with Gasteiger partial charge in [-0.05, 0) is 32.9 Å². The monoisotopic (exact) mass is 279 g/mol. The van der Waals surface area contributed by atoms with Crippen LogP contribution in [0.4, 0.5) is 0 Å². The van der Waals surface area contributed by atoms with Crippen molar-refractivity contribution in [2.75, 3.05) is 19.6 Å². The molecular weight excluding hydrogens is 250 g/mol. The van der Waals surface area contributed by atoms with Crippen LogP contribution in [-0.4, -0.2) is 35.7 Å². The second kappa shape index (κ2) is 7.79. The number of rotatable bonds is 6. The minimum absolute atomic E-state index is 0.408. The molecule has 0 bridgehead atoms. The molecule has 1 N–H and O–H groups in total. The van der Waals surface area contributed by atoms with E-state index in [9.17, 15) is 0 Å². The molecule has 0 spiro atoms. The van der Waals surface area contributed by atoms with Crippen molar-refractivity contribution in [1.29, 1.82) is 0 Å². The largest absolute Gasteiger partial charge is 0.361 e. The molecule has 0 saturated carbocycles. The topological polar surface area (TPSA) is 41.3 Å². The zero-order chi connectivity index (χ0) is 14.4. The molecule has 2 rings (SSSR count). The van der Waals surface area contributed by atoms with E-state index in [2.05, 4.69) is 42.2 Å². The van der Waals surface area contributed by atoms with Crippen molar-refractivity contribution in [1.82, 2.24) is 15.4 Å². The number of likely N-dealkylation sites (tertiary alicyclic amines) is 1. The predicted octanol–water partition coefficient (Wildman–Crippen LogP) is 3.15. The average Bonchev–Trinajstić information content (AvgIpc) is 2.75. The first-order valence-corrected chi connectivity index (χ1v) is 8.06. The summed E-state index contributed by atoms with van der Waals surface area (Å²) < 4.78 is 5.32. The van der Waals surface area contributed by atoms with Crippen LogP contribution in [0.15, 0.2) is 10.6 Å². The van der Waals surface area contributed by atoms with E-state index < -0.39 is 0 Å². The maximum atomic E-state index is 5.32. The summed E-state index contributed by atoms with van der Waals surface area (Å²) in [5.41, 5.74) is 1.01. The molecule has 4 heteroatoms. The Morgan fingerprint density at radius 1 is 1.20 bits per heavy atom. The number of nitrogens with zero attached hydrogens (tertiary/aromatic N) is 2. The molecule has 0 amide bonds. The summed E-state index contributed by atoms with van der Waals surface area (Å²) in [6.45, 7) is 11.0. The molecule has 1 aromatic heterocycles. The summed E-state index contributed by atoms with van der Waals surface area (Å²) in [4.78, 5) is 2.59. The molecule has 1 aliphatic rings. The summed E-state index contributed by atoms with van der Waals surface area (Å²) in [7, 11) is 0. The zero-order valence-electron chi connectivity index (χ0n) is 13.2. The Bertz CT molecular complexity index is 381. The maximum absolute atomic E-state index is 5.32. The molecule has 1 atom stereocenters. The minimum atomic E-state index is 0.408. The third-order valence-corrected chi connectivity index (χ3v) is 4.01. The summed E-state index contributed by atoms with van der Waals surface area (Å²) in [6, 6.07) is 2.56. The number of aromatic nitrogens is 1. The van der Waals surface area contributed by atoms with Crippen molar-refractivity contribution in [3.8, 4) is 0 Å². The van der Waals surface area contributed by atoms with Gasteiger partial charge in [0, 0.05) is 31.1 Å². The van der Waals surface area contributed by atoms with Crippen molar-refractivity contribution in [3.05, 3.63) is 17.5 Å². The normalized spacial score (nSPS) is 19.2. The molecule has 0 radical (unpaired) electrons. The van der Waals surface area contributed by atoms with Gasteiger partial charge in [0.15, 0.2) is 0 Å². The molecule has 4 nitrogen and oxygen atoms in total. The van der Waals surface area contributed by atoms with Gasteiger partial charge in [0.05, 0.1) is 5.69 Å². The van der Waals surface area contributed by atoms with Crippen LogP contribution >= 0.6 is 0 Å². The zero-order valence-corrected chi connectivity index (χ0v) is 13.2. The van der Waals surface area contributed by atoms with E-state index >= 15 is 0 Å². The lowest BCUT2D eigenvalue weighted by molar-refractivity contribution is 0.255. The molecule has 2 heterocycles. The van der Waals surface area contributed by atoms with Crippen LogP contribution in [0.2, 0.25) is 0 Å². The van der Waals surface area contributed by atoms with Crippen molar-refractivity contribution in [2.24, 2.45) is 0 Å². The van der Waals surface area contributed by atoms with Gasteiger partial charge in [-0.25, -0.2) is 0 Å². The Hall–Kier alpha value is -0.870. The molecule has 1 aliphatic heterocycles. The summed E-state index contributed by atoms with van der Waals surface area (Å²) in [5.74, 6) is 1.38. The van der Waals surface area contributed by atoms with Gasteiger partial charge in [0.2, 0.25) is 0 Å². The summed E-state index contributed by atoms with van der Waals surface area (Å²) >= 11 is 0. The fourth-order valence-corrected chi connectivity index (χ4v) is 2.73. The average molecular weight is 279 g/mol. The molecule has 1 fully saturated rings. The Morgan fingerprint density at radius 2 is 1.90 bits per heavy atom. The van der Waals surface area contributed by atoms with Gasteiger partial charge in [-0.2, -0.15) is 0 Å². The number of hydrogen-bond acceptors (Lipinski definition) is 4. The van der Waals surface area contributed by atoms with E-state index in [1.54, 1.807) is 0 Å². The van der Waals surface area contributed by atoms with Gasteiger partial charge in [0.1, 0.15) is 5.76 Å². The van der Waals surface area contributed by atoms with Gasteiger partial charge >= 0.3 is 0 Å². The minimum Gasteiger partial charge on any atom is -0.361 e. The molecule has 114 valence electrons. The lowest BCUT2D eigenvalue weighted by atomic mass is 10.1. The quantitative estimate of drug-likeness (QED) is 0.868. The van der Waals surface area contributed by atoms with Gasteiger partial charge in [-0.3, -0.25) is 0 Å². The SMILES string of the molecule is CC(C)c1cc(CN[C@@H](C)CN2CCCCCC2)no1. The first-order chi connectivity index (χ1) is 9.65. The Labute approximate surface area is 122 Å². The van der Waals surface area contributed by atoms with Gasteiger partial charge < -0.3 is 14.7 Å². The smallest absolute Gasteiger partial charge is 0.139 e. The second-order valence-electron chi connectivity index (χ2n) is 6.37. The molecular formula is C16H29N3O. The number of nitrogens with one attached hydrogen (secondary N) is 1. The van der Waals surface area contributed by atoms with Crippen molar-refractivity contribution in [3.63, 3.8) is 0 Å². The summed E-state index contributed by atoms with van der Waals surface area (Å²) in [5, 5.41) is 7.67. The van der Waals surface area contributed by atoms with Crippen molar-refractivity contribution in [2.45, 2.75) is 65.0 Å². The number of hydrogen-bond donors (Lipinski definition) is 1. The van der Waals surface area contributed by atoms with Crippen molar-refractivity contribution < 1.29 is 4.52 Å². The third kappa shape index (κ3) is 4.91. The lowest BCUT2D eigenvalue weighted by Crippen LogP contribution is -2.39. The molecule has 0 unspecified atom stereocenters. The highest BCUT2D eigenvalue weighted by atomic mass is 16.5. The highest BCUT2D eigenvalue weighted by Crippen LogP contribution is 2.15. The highest BCUT2D eigenvalue weighted by molar-refractivity contribution is 5.08. The van der Waals surface area contributed by atoms with Gasteiger partial charge in [-0.1, -0.05) is 31.8 Å². The fourth-order valence-electron chi connectivity index (χ4n) is 2.73. The van der Waals surface area contributed by atoms with Gasteiger partial charge in [-0.15, -0.1) is 0 Å². The highest BCUT2D eigenvalue weighted by Gasteiger charge is 2.13. The van der Waals surface area contributed by atoms with Crippen LogP contribution in [0.3, 0.4) is 0 Å². The van der Waals surface area contributed by atoms with Crippen molar-refractivity contribution >= 4 is 0 Å². The molecule has 1 saturated heterocycles. The van der Waals surface area contributed by atoms with Gasteiger partial charge in [0.25, 0.3) is 0 Å². The second-order valence-corrected chi connectivity index (χ2v) is 6.37. The first-order valence-electron chi connectivity index (χ1n) is 8.06. The van der Waals surface area contributed by atoms with Crippen LogP contribution in [0.5, 0.6) is 0 Å². The Kier molecular flexibility index (Phi) is 6.05. The summed E-state index contributed by atoms with van der Waals surface area (Å²) in [6.07, 6.45) is 5.51. The van der Waals surface area contributed by atoms with Crippen LogP contribution in [0, 0.1) is 0 Å². The van der Waals surface area contributed by atoms with Crippen LogP contribution in [0.25, 0.3) is 0 Å². The van der Waals surface area contributed by atoms with Crippen LogP contribution in [0.1, 0.15) is 63.8 Å². The molecule has 20 heavy (non-hydrogen) atoms. The lowest BCUT2D eigenvalue weighted by Gasteiger charge is -2.24. The predicted molar refractivity (Wildman–Crippen MR) is 81.8 cm³/mol. The molecule has 0 aromatic carbocycles. The van der Waals surface area contributed by atoms with E-state index in [0.29, 0.717) is 12.0 Å². The molecule has 0 aliphatic carbocycles. The first kappa shape index (κ1) is 15.5. The van der Waals surface area contributed by atoms with E-state index in [0.717, 1.165) is 24.5 Å². The standard InChI is InChI=1S/C16H29N3O/c1-13(2)16-10-15(18-20-16)11-17-14(3)12-19-8-6-4-5-7-9-19/h10,13-14,17H,4-9,11-12H2,1-3H3/t14-/m0/s1. The van der Waals surface area contributed by atoms with E-state index in [1.807, 2.05) is 0 Å². The van der Waals surface area contributed by atoms with E-state index in [-0.39, 0.29) is 0 Å².